The van der Waals surface area contributed by atoms with E-state index in [0.29, 0.717) is 24.5 Å². The molecule has 0 radical (unpaired) electrons. The van der Waals surface area contributed by atoms with Crippen LogP contribution in [0.25, 0.3) is 0 Å². The number of rotatable bonds is 4. The molecule has 1 aliphatic rings. The molecular formula is C22H26N4O3. The van der Waals surface area contributed by atoms with Gasteiger partial charge in [0.05, 0.1) is 5.92 Å². The highest BCUT2D eigenvalue weighted by Crippen LogP contribution is 2.21. The first-order valence-corrected chi connectivity index (χ1v) is 9.72. The largest absolute Gasteiger partial charge is 0.326 e. The second kappa shape index (κ2) is 9.23. The normalized spacial score (nSPS) is 16.1. The zero-order valence-corrected chi connectivity index (χ0v) is 16.7. The van der Waals surface area contributed by atoms with Gasteiger partial charge in [-0.25, -0.2) is 4.79 Å². The number of carbonyl (C=O) groups excluding carboxylic acids is 3. The van der Waals surface area contributed by atoms with Crippen molar-refractivity contribution in [2.75, 3.05) is 29.0 Å². The molecule has 152 valence electrons. The summed E-state index contributed by atoms with van der Waals surface area (Å²) >= 11 is 0. The van der Waals surface area contributed by atoms with E-state index in [9.17, 15) is 14.4 Å². The average Bonchev–Trinajstić information content (AvgIpc) is 2.68. The molecule has 1 unspecified atom stereocenters. The number of amides is 4. The molecule has 1 saturated heterocycles. The van der Waals surface area contributed by atoms with Crippen LogP contribution in [0, 0.1) is 12.8 Å². The van der Waals surface area contributed by atoms with E-state index >= 15 is 0 Å². The molecule has 7 nitrogen and oxygen atoms in total. The Morgan fingerprint density at radius 3 is 2.28 bits per heavy atom. The van der Waals surface area contributed by atoms with Crippen LogP contribution in [0.5, 0.6) is 0 Å². The molecule has 1 atom stereocenters. The van der Waals surface area contributed by atoms with E-state index < -0.39 is 0 Å². The van der Waals surface area contributed by atoms with E-state index in [2.05, 4.69) is 16.0 Å². The van der Waals surface area contributed by atoms with Crippen LogP contribution >= 0.6 is 0 Å². The molecule has 0 saturated carbocycles. The van der Waals surface area contributed by atoms with Crippen molar-refractivity contribution < 1.29 is 14.4 Å². The molecule has 3 rings (SSSR count). The molecule has 0 aliphatic carbocycles. The number of nitrogens with one attached hydrogen (secondary N) is 3. The second-order valence-corrected chi connectivity index (χ2v) is 7.34. The van der Waals surface area contributed by atoms with E-state index in [1.165, 1.54) is 6.92 Å². The zero-order chi connectivity index (χ0) is 20.8. The fourth-order valence-corrected chi connectivity index (χ4v) is 3.42. The first-order valence-electron chi connectivity index (χ1n) is 9.72. The fourth-order valence-electron chi connectivity index (χ4n) is 3.42. The minimum atomic E-state index is -0.281. The predicted molar refractivity (Wildman–Crippen MR) is 114 cm³/mol. The van der Waals surface area contributed by atoms with Crippen LogP contribution in [0.1, 0.15) is 25.3 Å². The first-order chi connectivity index (χ1) is 13.9. The van der Waals surface area contributed by atoms with Crippen molar-refractivity contribution in [3.05, 3.63) is 54.1 Å². The van der Waals surface area contributed by atoms with Crippen LogP contribution in [0.3, 0.4) is 0 Å². The molecule has 29 heavy (non-hydrogen) atoms. The maximum atomic E-state index is 12.7. The number of hydrogen-bond donors (Lipinski definition) is 3. The summed E-state index contributed by atoms with van der Waals surface area (Å²) in [5.74, 6) is -0.578. The predicted octanol–water partition coefficient (Wildman–Crippen LogP) is 3.84. The van der Waals surface area contributed by atoms with Gasteiger partial charge in [-0.1, -0.05) is 18.2 Å². The van der Waals surface area contributed by atoms with Crippen molar-refractivity contribution in [1.29, 1.82) is 0 Å². The fraction of sp³-hybridized carbons (Fsp3) is 0.318. The summed E-state index contributed by atoms with van der Waals surface area (Å²) in [5.41, 5.74) is 3.05. The summed E-state index contributed by atoms with van der Waals surface area (Å²) in [7, 11) is 0. The second-order valence-electron chi connectivity index (χ2n) is 7.34. The maximum absolute atomic E-state index is 12.7. The minimum Gasteiger partial charge on any atom is -0.326 e. The van der Waals surface area contributed by atoms with Gasteiger partial charge in [0.15, 0.2) is 0 Å². The number of likely N-dealkylation sites (tertiary alicyclic amines) is 1. The van der Waals surface area contributed by atoms with Crippen molar-refractivity contribution in [2.24, 2.45) is 5.92 Å². The molecule has 2 aromatic rings. The SMILES string of the molecule is CC(=O)Nc1cccc(NC(=O)C2CCCN(C(=O)Nc3cccc(C)c3)C2)c1. The van der Waals surface area contributed by atoms with Gasteiger partial charge in [0.1, 0.15) is 0 Å². The summed E-state index contributed by atoms with van der Waals surface area (Å²) in [6.45, 7) is 4.40. The number of carbonyl (C=O) groups is 3. The molecule has 3 N–H and O–H groups in total. The summed E-state index contributed by atoms with van der Waals surface area (Å²) < 4.78 is 0. The lowest BCUT2D eigenvalue weighted by Crippen LogP contribution is -2.45. The van der Waals surface area contributed by atoms with Crippen molar-refractivity contribution in [2.45, 2.75) is 26.7 Å². The number of benzene rings is 2. The average molecular weight is 394 g/mol. The lowest BCUT2D eigenvalue weighted by molar-refractivity contribution is -0.121. The van der Waals surface area contributed by atoms with Gasteiger partial charge in [-0.2, -0.15) is 0 Å². The third-order valence-electron chi connectivity index (χ3n) is 4.80. The molecule has 4 amide bonds. The third kappa shape index (κ3) is 5.81. The molecule has 1 fully saturated rings. The van der Waals surface area contributed by atoms with Crippen LogP contribution < -0.4 is 16.0 Å². The van der Waals surface area contributed by atoms with Crippen molar-refractivity contribution in [3.8, 4) is 0 Å². The quantitative estimate of drug-likeness (QED) is 0.736. The van der Waals surface area contributed by atoms with Crippen LogP contribution in [-0.4, -0.2) is 35.8 Å². The van der Waals surface area contributed by atoms with Crippen LogP contribution in [0.4, 0.5) is 21.9 Å². The molecule has 1 aliphatic heterocycles. The highest BCUT2D eigenvalue weighted by molar-refractivity contribution is 5.95. The van der Waals surface area contributed by atoms with E-state index in [1.807, 2.05) is 31.2 Å². The van der Waals surface area contributed by atoms with Gasteiger partial charge in [0.25, 0.3) is 0 Å². The Bertz CT molecular complexity index is 912. The molecule has 7 heteroatoms. The number of nitrogens with zero attached hydrogens (tertiary/aromatic N) is 1. The van der Waals surface area contributed by atoms with Gasteiger partial charge < -0.3 is 20.9 Å². The summed E-state index contributed by atoms with van der Waals surface area (Å²) in [6, 6.07) is 14.4. The van der Waals surface area contributed by atoms with Gasteiger partial charge in [0, 0.05) is 37.1 Å². The van der Waals surface area contributed by atoms with Crippen molar-refractivity contribution >= 4 is 34.9 Å². The highest BCUT2D eigenvalue weighted by atomic mass is 16.2. The Morgan fingerprint density at radius 2 is 1.59 bits per heavy atom. The van der Waals surface area contributed by atoms with Gasteiger partial charge >= 0.3 is 6.03 Å². The standard InChI is InChI=1S/C22H26N4O3/c1-15-6-3-8-18(12-15)25-22(29)26-11-5-7-17(14-26)21(28)24-20-10-4-9-19(13-20)23-16(2)27/h3-4,6,8-10,12-13,17H,5,7,11,14H2,1-2H3,(H,23,27)(H,24,28)(H,25,29). The molecular weight excluding hydrogens is 368 g/mol. The lowest BCUT2D eigenvalue weighted by atomic mass is 9.97. The van der Waals surface area contributed by atoms with Crippen LogP contribution in [0.2, 0.25) is 0 Å². The summed E-state index contributed by atoms with van der Waals surface area (Å²) in [6.07, 6.45) is 1.50. The first kappa shape index (κ1) is 20.4. The maximum Gasteiger partial charge on any atom is 0.321 e. The van der Waals surface area contributed by atoms with Gasteiger partial charge in [0.2, 0.25) is 11.8 Å². The molecule has 0 aromatic heterocycles. The Kier molecular flexibility index (Phi) is 6.49. The monoisotopic (exact) mass is 394 g/mol. The molecule has 2 aromatic carbocycles. The zero-order valence-electron chi connectivity index (χ0n) is 16.7. The highest BCUT2D eigenvalue weighted by Gasteiger charge is 2.28. The van der Waals surface area contributed by atoms with E-state index in [4.69, 9.17) is 0 Å². The Balaban J connectivity index is 1.59. The summed E-state index contributed by atoms with van der Waals surface area (Å²) in [4.78, 5) is 38.2. The third-order valence-corrected chi connectivity index (χ3v) is 4.80. The number of piperidine rings is 1. The number of aryl methyl sites for hydroxylation is 1. The minimum absolute atomic E-state index is 0.127. The summed E-state index contributed by atoms with van der Waals surface area (Å²) in [5, 5.41) is 8.49. The van der Waals surface area contributed by atoms with Gasteiger partial charge in [-0.05, 0) is 55.7 Å². The van der Waals surface area contributed by atoms with E-state index in [0.717, 1.165) is 24.1 Å². The van der Waals surface area contributed by atoms with E-state index in [1.54, 1.807) is 29.2 Å². The number of hydrogen-bond acceptors (Lipinski definition) is 3. The van der Waals surface area contributed by atoms with Crippen molar-refractivity contribution in [3.63, 3.8) is 0 Å². The molecule has 1 heterocycles. The Morgan fingerprint density at radius 1 is 0.931 bits per heavy atom. The smallest absolute Gasteiger partial charge is 0.321 e. The van der Waals surface area contributed by atoms with Crippen LogP contribution in [0.15, 0.2) is 48.5 Å². The molecule has 0 spiro atoms. The number of anilines is 3. The Hall–Kier alpha value is -3.35. The van der Waals surface area contributed by atoms with E-state index in [-0.39, 0.29) is 23.8 Å². The number of urea groups is 1. The molecule has 0 bridgehead atoms. The lowest BCUT2D eigenvalue weighted by Gasteiger charge is -2.32. The van der Waals surface area contributed by atoms with Gasteiger partial charge in [-0.15, -0.1) is 0 Å². The van der Waals surface area contributed by atoms with Gasteiger partial charge in [-0.3, -0.25) is 9.59 Å². The van der Waals surface area contributed by atoms with Crippen LogP contribution in [-0.2, 0) is 9.59 Å². The van der Waals surface area contributed by atoms with Crippen molar-refractivity contribution in [1.82, 2.24) is 4.90 Å². The Labute approximate surface area is 170 Å². The topological polar surface area (TPSA) is 90.5 Å².